The number of pyridine rings is 1. The second kappa shape index (κ2) is 7.83. The summed E-state index contributed by atoms with van der Waals surface area (Å²) in [6.45, 7) is 1.10. The topological polar surface area (TPSA) is 83.5 Å². The van der Waals surface area contributed by atoms with Gasteiger partial charge in [0.2, 0.25) is 10.0 Å². The summed E-state index contributed by atoms with van der Waals surface area (Å²) < 4.78 is 28.6. The van der Waals surface area contributed by atoms with Crippen LogP contribution < -0.4 is 0 Å². The highest BCUT2D eigenvalue weighted by atomic mass is 35.5. The summed E-state index contributed by atoms with van der Waals surface area (Å²) >= 11 is 7.31. The van der Waals surface area contributed by atoms with E-state index in [9.17, 15) is 13.2 Å². The summed E-state index contributed by atoms with van der Waals surface area (Å²) in [5, 5.41) is 2.69. The molecule has 5 rings (SSSR count). The molecule has 0 saturated carbocycles. The number of fused-ring (bicyclic) bond motifs is 2. The molecule has 1 saturated heterocycles. The Labute approximate surface area is 187 Å². The molecule has 0 radical (unpaired) electrons. The summed E-state index contributed by atoms with van der Waals surface area (Å²) in [7, 11) is -3.66. The number of benzene rings is 2. The predicted molar refractivity (Wildman–Crippen MR) is 121 cm³/mol. The van der Waals surface area contributed by atoms with Crippen molar-refractivity contribution in [1.29, 1.82) is 0 Å². The maximum atomic E-state index is 13.1. The number of carbonyl (C=O) groups is 1. The number of sulfonamides is 1. The average molecular weight is 473 g/mol. The van der Waals surface area contributed by atoms with Crippen molar-refractivity contribution >= 4 is 59.9 Å². The molecule has 1 fully saturated rings. The Balaban J connectivity index is 1.32. The number of hydrogen-bond donors (Lipinski definition) is 0. The molecule has 1 amide bonds. The van der Waals surface area contributed by atoms with Gasteiger partial charge in [-0.3, -0.25) is 9.78 Å². The van der Waals surface area contributed by atoms with E-state index >= 15 is 0 Å². The number of carbonyl (C=O) groups excluding carboxylic acids is 1. The van der Waals surface area contributed by atoms with Crippen LogP contribution >= 0.6 is 22.9 Å². The van der Waals surface area contributed by atoms with Crippen LogP contribution in [0.5, 0.6) is 0 Å². The van der Waals surface area contributed by atoms with Crippen LogP contribution in [0.15, 0.2) is 59.8 Å². The molecule has 31 heavy (non-hydrogen) atoms. The van der Waals surface area contributed by atoms with E-state index in [0.29, 0.717) is 23.1 Å². The first-order valence-corrected chi connectivity index (χ1v) is 12.2. The van der Waals surface area contributed by atoms with E-state index in [0.717, 1.165) is 21.0 Å². The van der Waals surface area contributed by atoms with Gasteiger partial charge in [-0.25, -0.2) is 13.4 Å². The fourth-order valence-corrected chi connectivity index (χ4v) is 6.18. The maximum absolute atomic E-state index is 13.1. The molecular formula is C21H17ClN4O3S2. The van der Waals surface area contributed by atoms with E-state index in [2.05, 4.69) is 9.97 Å². The molecule has 0 bridgehead atoms. The maximum Gasteiger partial charge on any atom is 0.282 e. The van der Waals surface area contributed by atoms with Gasteiger partial charge in [-0.1, -0.05) is 23.7 Å². The summed E-state index contributed by atoms with van der Waals surface area (Å²) in [6, 6.07) is 12.1. The Morgan fingerprint density at radius 1 is 1.00 bits per heavy atom. The highest BCUT2D eigenvalue weighted by molar-refractivity contribution is 7.89. The summed E-state index contributed by atoms with van der Waals surface area (Å²) in [5.74, 6) is -0.180. The zero-order chi connectivity index (χ0) is 21.6. The third kappa shape index (κ3) is 3.78. The lowest BCUT2D eigenvalue weighted by Crippen LogP contribution is -2.50. The van der Waals surface area contributed by atoms with Crippen molar-refractivity contribution in [2.75, 3.05) is 26.2 Å². The van der Waals surface area contributed by atoms with Crippen LogP contribution in [0.3, 0.4) is 0 Å². The molecule has 158 valence electrons. The molecule has 4 aromatic rings. The van der Waals surface area contributed by atoms with Gasteiger partial charge in [0, 0.05) is 43.6 Å². The molecule has 0 aliphatic carbocycles. The van der Waals surface area contributed by atoms with E-state index in [1.807, 2.05) is 0 Å². The van der Waals surface area contributed by atoms with Gasteiger partial charge < -0.3 is 4.90 Å². The first-order valence-electron chi connectivity index (χ1n) is 9.61. The quantitative estimate of drug-likeness (QED) is 0.454. The van der Waals surface area contributed by atoms with Crippen molar-refractivity contribution in [3.8, 4) is 0 Å². The van der Waals surface area contributed by atoms with Crippen LogP contribution in [0.2, 0.25) is 5.02 Å². The minimum absolute atomic E-state index is 0.180. The fraction of sp³-hybridized carbons (Fsp3) is 0.190. The molecular weight excluding hydrogens is 456 g/mol. The normalized spacial score (nSPS) is 15.6. The lowest BCUT2D eigenvalue weighted by Gasteiger charge is -2.33. The molecule has 1 aliphatic heterocycles. The number of aromatic nitrogens is 2. The average Bonchev–Trinajstić information content (AvgIpc) is 3.22. The van der Waals surface area contributed by atoms with Crippen LogP contribution in [-0.4, -0.2) is 59.7 Å². The zero-order valence-corrected chi connectivity index (χ0v) is 18.6. The van der Waals surface area contributed by atoms with Gasteiger partial charge >= 0.3 is 0 Å². The van der Waals surface area contributed by atoms with Crippen molar-refractivity contribution in [3.63, 3.8) is 0 Å². The highest BCUT2D eigenvalue weighted by Crippen LogP contribution is 2.26. The van der Waals surface area contributed by atoms with Gasteiger partial charge in [0.1, 0.15) is 0 Å². The van der Waals surface area contributed by atoms with Crippen LogP contribution in [0, 0.1) is 0 Å². The lowest BCUT2D eigenvalue weighted by atomic mass is 10.1. The molecule has 0 unspecified atom stereocenters. The highest BCUT2D eigenvalue weighted by Gasteiger charge is 2.31. The zero-order valence-electron chi connectivity index (χ0n) is 16.2. The smallest absolute Gasteiger partial charge is 0.282 e. The molecule has 2 aromatic heterocycles. The molecule has 0 spiro atoms. The Morgan fingerprint density at radius 3 is 2.52 bits per heavy atom. The third-order valence-corrected chi connectivity index (χ3v) is 8.44. The van der Waals surface area contributed by atoms with Gasteiger partial charge in [-0.15, -0.1) is 11.3 Å². The lowest BCUT2D eigenvalue weighted by molar-refractivity contribution is 0.0698. The van der Waals surface area contributed by atoms with Crippen molar-refractivity contribution in [3.05, 3.63) is 64.9 Å². The van der Waals surface area contributed by atoms with Crippen LogP contribution in [0.4, 0.5) is 0 Å². The number of amides is 1. The number of thiazole rings is 1. The molecule has 2 aromatic carbocycles. The first kappa shape index (κ1) is 20.3. The standard InChI is InChI=1S/C21H17ClN4O3S2/c22-16-3-1-15-12-17(4-2-14(15)11-16)31(28,29)26-9-7-25(8-10-26)21(27)20-24-18-5-6-23-13-19(18)30-20/h1-6,11-13H,7-10H2. The van der Waals surface area contributed by atoms with Gasteiger partial charge in [0.25, 0.3) is 5.91 Å². The number of hydrogen-bond acceptors (Lipinski definition) is 6. The minimum atomic E-state index is -3.66. The van der Waals surface area contributed by atoms with Gasteiger partial charge in [0.15, 0.2) is 5.01 Å². The van der Waals surface area contributed by atoms with Crippen LogP contribution in [0.25, 0.3) is 21.0 Å². The first-order chi connectivity index (χ1) is 14.9. The second-order valence-corrected chi connectivity index (χ2v) is 10.6. The van der Waals surface area contributed by atoms with Gasteiger partial charge in [-0.05, 0) is 41.1 Å². The van der Waals surface area contributed by atoms with E-state index in [4.69, 9.17) is 11.6 Å². The van der Waals surface area contributed by atoms with E-state index < -0.39 is 10.0 Å². The molecule has 0 atom stereocenters. The van der Waals surface area contributed by atoms with E-state index in [1.165, 1.54) is 15.6 Å². The van der Waals surface area contributed by atoms with E-state index in [-0.39, 0.29) is 23.9 Å². The van der Waals surface area contributed by atoms with Gasteiger partial charge in [0.05, 0.1) is 15.1 Å². The monoisotopic (exact) mass is 472 g/mol. The second-order valence-electron chi connectivity index (χ2n) is 7.21. The number of rotatable bonds is 3. The van der Waals surface area contributed by atoms with Crippen molar-refractivity contribution in [2.24, 2.45) is 0 Å². The van der Waals surface area contributed by atoms with Crippen molar-refractivity contribution < 1.29 is 13.2 Å². The molecule has 7 nitrogen and oxygen atoms in total. The summed E-state index contributed by atoms with van der Waals surface area (Å²) in [4.78, 5) is 23.2. The molecule has 0 N–H and O–H groups in total. The van der Waals surface area contributed by atoms with Crippen LogP contribution in [-0.2, 0) is 10.0 Å². The van der Waals surface area contributed by atoms with Gasteiger partial charge in [-0.2, -0.15) is 4.31 Å². The Hall–Kier alpha value is -2.59. The Morgan fingerprint density at radius 2 is 1.74 bits per heavy atom. The van der Waals surface area contributed by atoms with Crippen molar-refractivity contribution in [1.82, 2.24) is 19.2 Å². The van der Waals surface area contributed by atoms with Crippen molar-refractivity contribution in [2.45, 2.75) is 4.90 Å². The fourth-order valence-electron chi connectivity index (χ4n) is 3.64. The van der Waals surface area contributed by atoms with Crippen LogP contribution in [0.1, 0.15) is 9.80 Å². The molecule has 1 aliphatic rings. The SMILES string of the molecule is O=C(c1nc2ccncc2s1)N1CCN(S(=O)(=O)c2ccc3cc(Cl)ccc3c2)CC1. The Bertz CT molecular complexity index is 1380. The number of nitrogens with zero attached hydrogens (tertiary/aromatic N) is 4. The third-order valence-electron chi connectivity index (χ3n) is 5.31. The molecule has 3 heterocycles. The number of halogens is 1. The molecule has 10 heteroatoms. The van der Waals surface area contributed by atoms with E-state index in [1.54, 1.807) is 59.8 Å². The largest absolute Gasteiger partial charge is 0.334 e. The number of piperazine rings is 1. The predicted octanol–water partition coefficient (Wildman–Crippen LogP) is 3.64. The summed E-state index contributed by atoms with van der Waals surface area (Å²) in [5.41, 5.74) is 0.738. The minimum Gasteiger partial charge on any atom is -0.334 e. The summed E-state index contributed by atoms with van der Waals surface area (Å²) in [6.07, 6.45) is 3.33. The Kier molecular flexibility index (Phi) is 5.13.